The molecule has 0 unspecified atom stereocenters. The number of methoxy groups -OCH3 is 1. The van der Waals surface area contributed by atoms with Crippen molar-refractivity contribution in [1.82, 2.24) is 10.2 Å². The fraction of sp³-hybridized carbons (Fsp3) is 0.125. The van der Waals surface area contributed by atoms with Gasteiger partial charge < -0.3 is 10.1 Å². The summed E-state index contributed by atoms with van der Waals surface area (Å²) < 4.78 is 19.3. The Morgan fingerprint density at radius 2 is 2.04 bits per heavy atom. The number of benzene rings is 2. The first-order valence-corrected chi connectivity index (χ1v) is 8.65. The topological polar surface area (TPSA) is 47.0 Å². The first-order valence-electron chi connectivity index (χ1n) is 6.85. The summed E-state index contributed by atoms with van der Waals surface area (Å²) in [4.78, 5) is 0. The Labute approximate surface area is 141 Å². The minimum absolute atomic E-state index is 0.223. The molecule has 3 aromatic rings. The van der Waals surface area contributed by atoms with Gasteiger partial charge in [0.05, 0.1) is 12.8 Å². The van der Waals surface area contributed by atoms with Gasteiger partial charge in [-0.15, -0.1) is 10.2 Å². The third-order valence-electron chi connectivity index (χ3n) is 3.01. The van der Waals surface area contributed by atoms with Crippen molar-refractivity contribution in [1.29, 1.82) is 0 Å². The molecule has 0 saturated carbocycles. The average molecular weight is 347 g/mol. The smallest absolute Gasteiger partial charge is 0.210 e. The van der Waals surface area contributed by atoms with E-state index in [0.29, 0.717) is 10.9 Å². The van der Waals surface area contributed by atoms with Gasteiger partial charge in [0, 0.05) is 5.75 Å². The molecule has 1 heterocycles. The van der Waals surface area contributed by atoms with E-state index in [9.17, 15) is 4.39 Å². The van der Waals surface area contributed by atoms with E-state index >= 15 is 0 Å². The number of nitrogens with zero attached hydrogens (tertiary/aromatic N) is 2. The van der Waals surface area contributed by atoms with Crippen molar-refractivity contribution in [2.45, 2.75) is 10.1 Å². The maximum atomic E-state index is 13.2. The number of anilines is 2. The second kappa shape index (κ2) is 7.43. The molecule has 7 heteroatoms. The highest BCUT2D eigenvalue weighted by Gasteiger charge is 2.08. The lowest BCUT2D eigenvalue weighted by atomic mass is 10.2. The molecule has 0 aliphatic rings. The van der Waals surface area contributed by atoms with Crippen LogP contribution >= 0.6 is 23.1 Å². The largest absolute Gasteiger partial charge is 0.495 e. The number of thioether (sulfide) groups is 1. The predicted octanol–water partition coefficient (Wildman–Crippen LogP) is 4.72. The quantitative estimate of drug-likeness (QED) is 0.654. The van der Waals surface area contributed by atoms with Gasteiger partial charge in [0.15, 0.2) is 4.34 Å². The molecule has 0 atom stereocenters. The maximum Gasteiger partial charge on any atom is 0.210 e. The van der Waals surface area contributed by atoms with Crippen LogP contribution < -0.4 is 10.1 Å². The van der Waals surface area contributed by atoms with Crippen molar-refractivity contribution in [3.63, 3.8) is 0 Å². The average Bonchev–Trinajstić information content (AvgIpc) is 3.01. The summed E-state index contributed by atoms with van der Waals surface area (Å²) in [6.45, 7) is 0. The molecule has 0 amide bonds. The zero-order valence-electron chi connectivity index (χ0n) is 12.3. The molecule has 0 aliphatic heterocycles. The van der Waals surface area contributed by atoms with E-state index in [1.807, 2.05) is 30.3 Å². The number of hydrogen-bond acceptors (Lipinski definition) is 6. The summed E-state index contributed by atoms with van der Waals surface area (Å²) in [5.74, 6) is 1.18. The number of halogens is 1. The van der Waals surface area contributed by atoms with Gasteiger partial charge in [0.25, 0.3) is 0 Å². The van der Waals surface area contributed by atoms with Crippen molar-refractivity contribution in [3.8, 4) is 5.75 Å². The third kappa shape index (κ3) is 4.20. The minimum atomic E-state index is -0.223. The molecule has 4 nitrogen and oxygen atoms in total. The Morgan fingerprint density at radius 1 is 1.17 bits per heavy atom. The number of hydrogen-bond donors (Lipinski definition) is 1. The third-order valence-corrected chi connectivity index (χ3v) is 5.05. The highest BCUT2D eigenvalue weighted by molar-refractivity contribution is 8.00. The van der Waals surface area contributed by atoms with Crippen LogP contribution in [0.5, 0.6) is 5.75 Å². The van der Waals surface area contributed by atoms with Gasteiger partial charge in [-0.25, -0.2) is 4.39 Å². The number of aromatic nitrogens is 2. The molecule has 1 aromatic heterocycles. The molecule has 0 bridgehead atoms. The Kier molecular flexibility index (Phi) is 5.09. The number of para-hydroxylation sites is 2. The van der Waals surface area contributed by atoms with Crippen LogP contribution in [0.15, 0.2) is 52.9 Å². The SMILES string of the molecule is COc1ccccc1Nc1nnc(SCc2cccc(F)c2)s1. The van der Waals surface area contributed by atoms with E-state index in [1.165, 1.54) is 35.2 Å². The number of ether oxygens (including phenoxy) is 1. The Balaban J connectivity index is 1.64. The maximum absolute atomic E-state index is 13.2. The van der Waals surface area contributed by atoms with E-state index in [-0.39, 0.29) is 5.82 Å². The highest BCUT2D eigenvalue weighted by atomic mass is 32.2. The summed E-state index contributed by atoms with van der Waals surface area (Å²) in [7, 11) is 1.63. The second-order valence-electron chi connectivity index (χ2n) is 4.62. The first-order chi connectivity index (χ1) is 11.2. The molecule has 0 aliphatic carbocycles. The second-order valence-corrected chi connectivity index (χ2v) is 6.82. The molecule has 23 heavy (non-hydrogen) atoms. The van der Waals surface area contributed by atoms with Crippen LogP contribution in [0.25, 0.3) is 0 Å². The summed E-state index contributed by atoms with van der Waals surface area (Å²) in [5, 5.41) is 12.2. The van der Waals surface area contributed by atoms with E-state index < -0.39 is 0 Å². The van der Waals surface area contributed by atoms with E-state index in [2.05, 4.69) is 15.5 Å². The number of nitrogens with one attached hydrogen (secondary N) is 1. The Morgan fingerprint density at radius 3 is 2.87 bits per heavy atom. The van der Waals surface area contributed by atoms with Crippen LogP contribution in [0.4, 0.5) is 15.2 Å². The van der Waals surface area contributed by atoms with Crippen molar-refractivity contribution in [2.75, 3.05) is 12.4 Å². The van der Waals surface area contributed by atoms with E-state index in [1.54, 1.807) is 13.2 Å². The fourth-order valence-corrected chi connectivity index (χ4v) is 3.66. The summed E-state index contributed by atoms with van der Waals surface area (Å²) in [6.07, 6.45) is 0. The lowest BCUT2D eigenvalue weighted by Crippen LogP contribution is -1.93. The van der Waals surface area contributed by atoms with Crippen LogP contribution in [0, 0.1) is 5.82 Å². The van der Waals surface area contributed by atoms with Crippen LogP contribution in [-0.4, -0.2) is 17.3 Å². The lowest BCUT2D eigenvalue weighted by Gasteiger charge is -2.07. The van der Waals surface area contributed by atoms with Crippen molar-refractivity contribution >= 4 is 33.9 Å². The molecule has 0 radical (unpaired) electrons. The Bertz CT molecular complexity index is 794. The van der Waals surface area contributed by atoms with Gasteiger partial charge in [-0.05, 0) is 29.8 Å². The van der Waals surface area contributed by atoms with Gasteiger partial charge in [-0.2, -0.15) is 0 Å². The van der Waals surface area contributed by atoms with Crippen LogP contribution in [0.3, 0.4) is 0 Å². The molecule has 118 valence electrons. The van der Waals surface area contributed by atoms with Gasteiger partial charge in [0.1, 0.15) is 11.6 Å². The summed E-state index contributed by atoms with van der Waals surface area (Å²) >= 11 is 2.98. The lowest BCUT2D eigenvalue weighted by molar-refractivity contribution is 0.417. The van der Waals surface area contributed by atoms with Crippen LogP contribution in [0.1, 0.15) is 5.56 Å². The molecule has 0 saturated heterocycles. The van der Waals surface area contributed by atoms with E-state index in [0.717, 1.165) is 21.3 Å². The van der Waals surface area contributed by atoms with Crippen LogP contribution in [-0.2, 0) is 5.75 Å². The molecular weight excluding hydrogens is 333 g/mol. The Hall–Kier alpha value is -2.12. The normalized spacial score (nSPS) is 10.5. The molecule has 0 fully saturated rings. The standard InChI is InChI=1S/C16H14FN3OS2/c1-21-14-8-3-2-7-13(14)18-15-19-20-16(23-15)22-10-11-5-4-6-12(17)9-11/h2-9H,10H2,1H3,(H,18,19). The van der Waals surface area contributed by atoms with Crippen molar-refractivity contribution < 1.29 is 9.13 Å². The molecule has 1 N–H and O–H groups in total. The summed E-state index contributed by atoms with van der Waals surface area (Å²) in [5.41, 5.74) is 1.76. The van der Waals surface area contributed by atoms with Crippen molar-refractivity contribution in [2.24, 2.45) is 0 Å². The van der Waals surface area contributed by atoms with Crippen molar-refractivity contribution in [3.05, 3.63) is 59.9 Å². The van der Waals surface area contributed by atoms with Gasteiger partial charge in [-0.1, -0.05) is 47.4 Å². The zero-order valence-corrected chi connectivity index (χ0v) is 14.0. The monoisotopic (exact) mass is 347 g/mol. The predicted molar refractivity (Wildman–Crippen MR) is 92.1 cm³/mol. The molecule has 3 rings (SSSR count). The highest BCUT2D eigenvalue weighted by Crippen LogP contribution is 2.32. The van der Waals surface area contributed by atoms with Gasteiger partial charge >= 0.3 is 0 Å². The number of rotatable bonds is 6. The zero-order chi connectivity index (χ0) is 16.1. The minimum Gasteiger partial charge on any atom is -0.495 e. The molecule has 2 aromatic carbocycles. The van der Waals surface area contributed by atoms with Crippen LogP contribution in [0.2, 0.25) is 0 Å². The van der Waals surface area contributed by atoms with Gasteiger partial charge in [0.2, 0.25) is 5.13 Å². The van der Waals surface area contributed by atoms with Gasteiger partial charge in [-0.3, -0.25) is 0 Å². The molecular formula is C16H14FN3OS2. The summed E-state index contributed by atoms with van der Waals surface area (Å²) in [6, 6.07) is 14.2. The molecule has 0 spiro atoms. The first kappa shape index (κ1) is 15.8. The van der Waals surface area contributed by atoms with E-state index in [4.69, 9.17) is 4.74 Å². The fourth-order valence-electron chi connectivity index (χ4n) is 1.95.